The van der Waals surface area contributed by atoms with Crippen LogP contribution in [-0.4, -0.2) is 44.1 Å². The van der Waals surface area contributed by atoms with Gasteiger partial charge in [-0.1, -0.05) is 12.1 Å². The second-order valence-corrected chi connectivity index (χ2v) is 10.3. The van der Waals surface area contributed by atoms with Crippen LogP contribution in [0.3, 0.4) is 0 Å². The predicted octanol–water partition coefficient (Wildman–Crippen LogP) is 2.79. The highest BCUT2D eigenvalue weighted by atomic mass is 32.2. The molecular formula is C22H24N2O6S. The third kappa shape index (κ3) is 4.46. The Hall–Kier alpha value is -3.20. The minimum atomic E-state index is -3.77. The number of amides is 2. The lowest BCUT2D eigenvalue weighted by atomic mass is 10.1. The zero-order valence-electron chi connectivity index (χ0n) is 17.5. The zero-order chi connectivity index (χ0) is 22.8. The van der Waals surface area contributed by atoms with E-state index in [1.807, 2.05) is 0 Å². The van der Waals surface area contributed by atoms with E-state index in [0.717, 1.165) is 0 Å². The Balaban J connectivity index is 1.82. The molecule has 0 fully saturated rings. The maximum atomic E-state index is 13.0. The summed E-state index contributed by atoms with van der Waals surface area (Å²) in [6.07, 6.45) is -0.245. The molecule has 0 saturated heterocycles. The number of ether oxygens (including phenoxy) is 1. The van der Waals surface area contributed by atoms with Gasteiger partial charge < -0.3 is 15.0 Å². The number of para-hydroxylation sites is 1. The topological polar surface area (TPSA) is 110 Å². The quantitative estimate of drug-likeness (QED) is 0.710. The summed E-state index contributed by atoms with van der Waals surface area (Å²) < 4.78 is 29.7. The molecule has 0 unspecified atom stereocenters. The van der Waals surface area contributed by atoms with E-state index in [1.165, 1.54) is 43.0 Å². The minimum absolute atomic E-state index is 0.0254. The molecule has 1 aliphatic rings. The lowest BCUT2D eigenvalue weighted by Crippen LogP contribution is -2.40. The Morgan fingerprint density at radius 3 is 2.39 bits per heavy atom. The SMILES string of the molecule is CCOC(=O)c1ccc(NC(=O)CN2C(=O)CC(C)(C)S(=O)(=O)c3ccccc32)cc1. The molecule has 164 valence electrons. The average Bonchev–Trinajstić information content (AvgIpc) is 2.76. The largest absolute Gasteiger partial charge is 0.462 e. The molecule has 0 spiro atoms. The van der Waals surface area contributed by atoms with E-state index in [9.17, 15) is 22.8 Å². The molecule has 0 radical (unpaired) electrons. The standard InChI is InChI=1S/C22H24N2O6S/c1-4-30-21(27)15-9-11-16(12-10-15)23-19(25)14-24-17-7-5-6-8-18(17)31(28,29)22(2,3)13-20(24)26/h5-12H,4,13-14H2,1-3H3,(H,23,25). The number of hydrogen-bond acceptors (Lipinski definition) is 6. The maximum absolute atomic E-state index is 13.0. The summed E-state index contributed by atoms with van der Waals surface area (Å²) in [5.74, 6) is -1.41. The fraction of sp³-hybridized carbons (Fsp3) is 0.318. The Bertz CT molecular complexity index is 1120. The van der Waals surface area contributed by atoms with Crippen LogP contribution in [0.15, 0.2) is 53.4 Å². The van der Waals surface area contributed by atoms with Crippen LogP contribution in [0.4, 0.5) is 11.4 Å². The fourth-order valence-corrected chi connectivity index (χ4v) is 4.94. The Morgan fingerprint density at radius 2 is 1.74 bits per heavy atom. The van der Waals surface area contributed by atoms with Gasteiger partial charge in [-0.25, -0.2) is 13.2 Å². The molecule has 1 heterocycles. The minimum Gasteiger partial charge on any atom is -0.462 e. The van der Waals surface area contributed by atoms with Crippen LogP contribution in [-0.2, 0) is 24.2 Å². The van der Waals surface area contributed by atoms with Gasteiger partial charge in [0, 0.05) is 12.1 Å². The van der Waals surface area contributed by atoms with Crippen molar-refractivity contribution in [3.05, 3.63) is 54.1 Å². The van der Waals surface area contributed by atoms with Gasteiger partial charge in [-0.05, 0) is 57.2 Å². The molecule has 3 rings (SSSR count). The third-order valence-electron chi connectivity index (χ3n) is 5.03. The van der Waals surface area contributed by atoms with Crippen molar-refractivity contribution >= 4 is 39.0 Å². The normalized spacial score (nSPS) is 16.7. The van der Waals surface area contributed by atoms with Gasteiger partial charge in [-0.15, -0.1) is 0 Å². The number of fused-ring (bicyclic) bond motifs is 1. The first-order valence-corrected chi connectivity index (χ1v) is 11.3. The van der Waals surface area contributed by atoms with Gasteiger partial charge in [0.15, 0.2) is 9.84 Å². The second kappa shape index (κ2) is 8.50. The summed E-state index contributed by atoms with van der Waals surface area (Å²) in [6.45, 7) is 4.63. The molecule has 1 aliphatic heterocycles. The van der Waals surface area contributed by atoms with Crippen molar-refractivity contribution < 1.29 is 27.5 Å². The van der Waals surface area contributed by atoms with E-state index in [4.69, 9.17) is 4.74 Å². The number of sulfone groups is 1. The summed E-state index contributed by atoms with van der Waals surface area (Å²) >= 11 is 0. The van der Waals surface area contributed by atoms with Crippen LogP contribution in [0.1, 0.15) is 37.6 Å². The molecule has 0 saturated carbocycles. The summed E-state index contributed by atoms with van der Waals surface area (Å²) in [5.41, 5.74) is 0.969. The smallest absolute Gasteiger partial charge is 0.338 e. The number of hydrogen-bond donors (Lipinski definition) is 1. The van der Waals surface area contributed by atoms with E-state index in [0.29, 0.717) is 11.3 Å². The lowest BCUT2D eigenvalue weighted by Gasteiger charge is -2.22. The molecule has 0 atom stereocenters. The average molecular weight is 445 g/mol. The van der Waals surface area contributed by atoms with Crippen molar-refractivity contribution in [2.75, 3.05) is 23.4 Å². The summed E-state index contributed by atoms with van der Waals surface area (Å²) in [4.78, 5) is 38.5. The zero-order valence-corrected chi connectivity index (χ0v) is 18.4. The molecule has 31 heavy (non-hydrogen) atoms. The highest BCUT2D eigenvalue weighted by Gasteiger charge is 2.44. The number of carbonyl (C=O) groups is 3. The number of nitrogens with one attached hydrogen (secondary N) is 1. The van der Waals surface area contributed by atoms with Crippen molar-refractivity contribution in [2.24, 2.45) is 0 Å². The van der Waals surface area contributed by atoms with Crippen molar-refractivity contribution in [1.82, 2.24) is 0 Å². The van der Waals surface area contributed by atoms with Gasteiger partial charge in [0.2, 0.25) is 11.8 Å². The molecule has 2 aromatic carbocycles. The van der Waals surface area contributed by atoms with Crippen LogP contribution in [0.25, 0.3) is 0 Å². The van der Waals surface area contributed by atoms with Crippen molar-refractivity contribution in [1.29, 1.82) is 0 Å². The number of benzene rings is 2. The van der Waals surface area contributed by atoms with Crippen LogP contribution >= 0.6 is 0 Å². The first kappa shape index (κ1) is 22.5. The van der Waals surface area contributed by atoms with Crippen LogP contribution in [0.2, 0.25) is 0 Å². The van der Waals surface area contributed by atoms with Gasteiger partial charge in [-0.2, -0.15) is 0 Å². The molecular weight excluding hydrogens is 420 g/mol. The van der Waals surface area contributed by atoms with Gasteiger partial charge in [0.1, 0.15) is 6.54 Å². The van der Waals surface area contributed by atoms with E-state index in [-0.39, 0.29) is 30.2 Å². The number of anilines is 2. The molecule has 9 heteroatoms. The van der Waals surface area contributed by atoms with Gasteiger partial charge >= 0.3 is 5.97 Å². The predicted molar refractivity (Wildman–Crippen MR) is 116 cm³/mol. The monoisotopic (exact) mass is 444 g/mol. The van der Waals surface area contributed by atoms with Gasteiger partial charge in [-0.3, -0.25) is 9.59 Å². The van der Waals surface area contributed by atoms with E-state index >= 15 is 0 Å². The highest BCUT2D eigenvalue weighted by molar-refractivity contribution is 7.93. The Kier molecular flexibility index (Phi) is 6.17. The van der Waals surface area contributed by atoms with Crippen LogP contribution < -0.4 is 10.2 Å². The van der Waals surface area contributed by atoms with Crippen molar-refractivity contribution in [3.8, 4) is 0 Å². The molecule has 8 nitrogen and oxygen atoms in total. The van der Waals surface area contributed by atoms with E-state index < -0.39 is 32.4 Å². The molecule has 0 aromatic heterocycles. The summed E-state index contributed by atoms with van der Waals surface area (Å²) in [5, 5.41) is 2.67. The van der Waals surface area contributed by atoms with Crippen LogP contribution in [0, 0.1) is 0 Å². The van der Waals surface area contributed by atoms with E-state index in [2.05, 4.69) is 5.32 Å². The van der Waals surface area contributed by atoms with Gasteiger partial charge in [0.25, 0.3) is 0 Å². The molecule has 2 aromatic rings. The second-order valence-electron chi connectivity index (χ2n) is 7.73. The molecule has 0 aliphatic carbocycles. The molecule has 1 N–H and O–H groups in total. The first-order valence-electron chi connectivity index (χ1n) is 9.78. The molecule has 2 amide bonds. The fourth-order valence-electron chi connectivity index (χ4n) is 3.32. The van der Waals surface area contributed by atoms with E-state index in [1.54, 1.807) is 31.2 Å². The van der Waals surface area contributed by atoms with Crippen molar-refractivity contribution in [2.45, 2.75) is 36.8 Å². The Morgan fingerprint density at radius 1 is 1.10 bits per heavy atom. The molecule has 0 bridgehead atoms. The Labute approximate surface area is 181 Å². The number of nitrogens with zero attached hydrogens (tertiary/aromatic N) is 1. The lowest BCUT2D eigenvalue weighted by molar-refractivity contribution is -0.121. The van der Waals surface area contributed by atoms with Crippen molar-refractivity contribution in [3.63, 3.8) is 0 Å². The van der Waals surface area contributed by atoms with Gasteiger partial charge in [0.05, 0.1) is 27.5 Å². The third-order valence-corrected chi connectivity index (χ3v) is 7.56. The number of carbonyl (C=O) groups excluding carboxylic acids is 3. The maximum Gasteiger partial charge on any atom is 0.338 e. The summed E-state index contributed by atoms with van der Waals surface area (Å²) in [7, 11) is -3.77. The number of esters is 1. The highest BCUT2D eigenvalue weighted by Crippen LogP contribution is 2.38. The van der Waals surface area contributed by atoms with Crippen LogP contribution in [0.5, 0.6) is 0 Å². The number of rotatable bonds is 5. The first-order chi connectivity index (χ1) is 14.6. The summed E-state index contributed by atoms with van der Waals surface area (Å²) in [6, 6.07) is 12.3.